The van der Waals surface area contributed by atoms with Gasteiger partial charge in [-0.2, -0.15) is 21.8 Å². The zero-order valence-corrected chi connectivity index (χ0v) is 18.4. The second-order valence-electron chi connectivity index (χ2n) is 7.67. The first kappa shape index (κ1) is 21.4. The van der Waals surface area contributed by atoms with Crippen molar-refractivity contribution in [2.45, 2.75) is 25.4 Å². The van der Waals surface area contributed by atoms with Crippen LogP contribution in [0.2, 0.25) is 0 Å². The largest absolute Gasteiger partial charge is 0.399 e. The Kier molecular flexibility index (Phi) is 5.78. The van der Waals surface area contributed by atoms with Crippen molar-refractivity contribution >= 4 is 27.3 Å². The third kappa shape index (κ3) is 4.32. The molecule has 4 rings (SSSR count). The molecule has 1 N–H and O–H groups in total. The number of benzene rings is 1. The van der Waals surface area contributed by atoms with Gasteiger partial charge in [-0.15, -0.1) is 0 Å². The van der Waals surface area contributed by atoms with Crippen molar-refractivity contribution in [3.05, 3.63) is 64.9 Å². The molecule has 0 fully saturated rings. The fourth-order valence-electron chi connectivity index (χ4n) is 3.98. The van der Waals surface area contributed by atoms with Crippen LogP contribution >= 0.6 is 0 Å². The number of halogens is 1. The minimum Gasteiger partial charge on any atom is -0.399 e. The van der Waals surface area contributed by atoms with Gasteiger partial charge in [0, 0.05) is 43.2 Å². The van der Waals surface area contributed by atoms with Gasteiger partial charge in [0.1, 0.15) is 7.11 Å². The van der Waals surface area contributed by atoms with Gasteiger partial charge in [0.25, 0.3) is 10.2 Å². The van der Waals surface area contributed by atoms with E-state index in [-0.39, 0.29) is 6.04 Å². The Hall–Kier alpha value is -2.82. The van der Waals surface area contributed by atoms with Gasteiger partial charge in [-0.1, -0.05) is 17.3 Å². The Morgan fingerprint density at radius 2 is 2.13 bits per heavy atom. The highest BCUT2D eigenvalue weighted by molar-refractivity contribution is 7.87. The molecule has 3 aromatic rings. The molecule has 2 heterocycles. The van der Waals surface area contributed by atoms with Gasteiger partial charge in [0.15, 0.2) is 0 Å². The Morgan fingerprint density at radius 1 is 1.32 bits per heavy atom. The number of fused-ring (bicyclic) bond motifs is 3. The molecule has 0 spiro atoms. The molecule has 1 atom stereocenters. The summed E-state index contributed by atoms with van der Waals surface area (Å²) in [5, 5.41) is 4.84. The molecule has 1 aliphatic rings. The summed E-state index contributed by atoms with van der Waals surface area (Å²) < 4.78 is 44.3. The lowest BCUT2D eigenvalue weighted by molar-refractivity contribution is 0.215. The molecule has 0 saturated heterocycles. The molecular weight excluding hydrogens is 421 g/mol. The molecule has 1 aliphatic carbocycles. The third-order valence-electron chi connectivity index (χ3n) is 5.40. The number of pyridine rings is 1. The molecule has 0 bridgehead atoms. The SMILES string of the molecule is CON=Cc1ccc2c(c1)c1c(n2Cc2cccc(F)n2)CC(NS(=O)(=O)N(C)C)C1. The Morgan fingerprint density at radius 3 is 2.84 bits per heavy atom. The minimum absolute atomic E-state index is 0.259. The maximum atomic E-state index is 13.7. The molecule has 31 heavy (non-hydrogen) atoms. The topological polar surface area (TPSA) is 88.8 Å². The monoisotopic (exact) mass is 445 g/mol. The summed E-state index contributed by atoms with van der Waals surface area (Å²) in [7, 11) is 0.923. The first-order valence-corrected chi connectivity index (χ1v) is 11.2. The highest BCUT2D eigenvalue weighted by Gasteiger charge is 2.31. The summed E-state index contributed by atoms with van der Waals surface area (Å²) in [6.07, 6.45) is 2.72. The third-order valence-corrected chi connectivity index (χ3v) is 6.99. The van der Waals surface area contributed by atoms with Crippen LogP contribution < -0.4 is 4.72 Å². The number of nitrogens with one attached hydrogen (secondary N) is 1. The van der Waals surface area contributed by atoms with E-state index in [1.54, 1.807) is 18.3 Å². The van der Waals surface area contributed by atoms with Crippen LogP contribution in [0.5, 0.6) is 0 Å². The molecule has 0 aliphatic heterocycles. The van der Waals surface area contributed by atoms with Crippen molar-refractivity contribution in [3.63, 3.8) is 0 Å². The Balaban J connectivity index is 1.76. The molecule has 2 aromatic heterocycles. The van der Waals surface area contributed by atoms with Crippen molar-refractivity contribution in [1.29, 1.82) is 0 Å². The number of rotatable bonds is 7. The molecular formula is C21H24FN5O3S. The number of oxime groups is 1. The molecule has 164 valence electrons. The van der Waals surface area contributed by atoms with Crippen LogP contribution in [0.25, 0.3) is 10.9 Å². The van der Waals surface area contributed by atoms with Crippen LogP contribution in [0, 0.1) is 5.95 Å². The summed E-state index contributed by atoms with van der Waals surface area (Å²) >= 11 is 0. The van der Waals surface area contributed by atoms with Gasteiger partial charge >= 0.3 is 0 Å². The number of aromatic nitrogens is 2. The van der Waals surface area contributed by atoms with E-state index in [4.69, 9.17) is 4.84 Å². The first-order valence-electron chi connectivity index (χ1n) is 9.80. The van der Waals surface area contributed by atoms with E-state index < -0.39 is 16.2 Å². The van der Waals surface area contributed by atoms with Crippen LogP contribution in [0.15, 0.2) is 41.6 Å². The predicted molar refractivity (Wildman–Crippen MR) is 117 cm³/mol. The van der Waals surface area contributed by atoms with Crippen LogP contribution in [-0.2, 0) is 34.4 Å². The fraction of sp³-hybridized carbons (Fsp3) is 0.333. The fourth-order valence-corrected chi connectivity index (χ4v) is 4.78. The molecule has 10 heteroatoms. The predicted octanol–water partition coefficient (Wildman–Crippen LogP) is 2.07. The summed E-state index contributed by atoms with van der Waals surface area (Å²) in [5.41, 5.74) is 4.55. The van der Waals surface area contributed by atoms with Crippen molar-refractivity contribution < 1.29 is 17.6 Å². The van der Waals surface area contributed by atoms with E-state index in [0.29, 0.717) is 25.1 Å². The van der Waals surface area contributed by atoms with Crippen molar-refractivity contribution in [2.24, 2.45) is 5.16 Å². The van der Waals surface area contributed by atoms with Crippen molar-refractivity contribution in [2.75, 3.05) is 21.2 Å². The maximum Gasteiger partial charge on any atom is 0.279 e. The van der Waals surface area contributed by atoms with Crippen LogP contribution in [0.1, 0.15) is 22.5 Å². The van der Waals surface area contributed by atoms with Gasteiger partial charge in [-0.05, 0) is 41.8 Å². The van der Waals surface area contributed by atoms with E-state index in [2.05, 4.69) is 19.4 Å². The average molecular weight is 446 g/mol. The van der Waals surface area contributed by atoms with Gasteiger partial charge < -0.3 is 9.40 Å². The summed E-state index contributed by atoms with van der Waals surface area (Å²) in [5.74, 6) is -0.528. The first-order chi connectivity index (χ1) is 14.8. The number of nitrogens with zero attached hydrogens (tertiary/aromatic N) is 4. The smallest absolute Gasteiger partial charge is 0.279 e. The lowest BCUT2D eigenvalue weighted by Crippen LogP contribution is -2.42. The van der Waals surface area contributed by atoms with Crippen LogP contribution in [0.4, 0.5) is 4.39 Å². The van der Waals surface area contributed by atoms with Gasteiger partial charge in [-0.3, -0.25) is 0 Å². The van der Waals surface area contributed by atoms with Gasteiger partial charge in [0.2, 0.25) is 5.95 Å². The minimum atomic E-state index is -3.55. The van der Waals surface area contributed by atoms with E-state index in [0.717, 1.165) is 32.0 Å². The normalized spacial score (nSPS) is 16.5. The van der Waals surface area contributed by atoms with E-state index in [1.165, 1.54) is 27.3 Å². The van der Waals surface area contributed by atoms with Gasteiger partial charge in [-0.25, -0.2) is 4.98 Å². The average Bonchev–Trinajstić information content (AvgIpc) is 3.23. The zero-order chi connectivity index (χ0) is 22.2. The summed E-state index contributed by atoms with van der Waals surface area (Å²) in [4.78, 5) is 8.78. The quantitative estimate of drug-likeness (QED) is 0.343. The molecule has 1 aromatic carbocycles. The molecule has 0 amide bonds. The highest BCUT2D eigenvalue weighted by atomic mass is 32.2. The standard InChI is InChI=1S/C21H24FN5O3S/c1-26(2)31(28,29)25-16-10-18-17-9-14(12-23-30-3)7-8-19(17)27(20(18)11-16)13-15-5-4-6-21(22)24-15/h4-9,12,16,25H,10-11,13H2,1-3H3. The van der Waals surface area contributed by atoms with E-state index in [1.807, 2.05) is 18.2 Å². The lowest BCUT2D eigenvalue weighted by Gasteiger charge is -2.18. The van der Waals surface area contributed by atoms with Gasteiger partial charge in [0.05, 0.1) is 18.5 Å². The zero-order valence-electron chi connectivity index (χ0n) is 17.5. The molecule has 0 saturated carbocycles. The van der Waals surface area contributed by atoms with Crippen molar-refractivity contribution in [1.82, 2.24) is 18.6 Å². The molecule has 1 unspecified atom stereocenters. The number of hydrogen-bond acceptors (Lipinski definition) is 5. The summed E-state index contributed by atoms with van der Waals surface area (Å²) in [6.45, 7) is 0.391. The van der Waals surface area contributed by atoms with Crippen LogP contribution in [0.3, 0.4) is 0 Å². The Bertz CT molecular complexity index is 1250. The Labute approximate surface area is 180 Å². The molecule has 8 nitrogen and oxygen atoms in total. The second-order valence-corrected chi connectivity index (χ2v) is 9.58. The molecule has 0 radical (unpaired) electrons. The number of hydrogen-bond donors (Lipinski definition) is 1. The highest BCUT2D eigenvalue weighted by Crippen LogP contribution is 2.34. The van der Waals surface area contributed by atoms with Crippen molar-refractivity contribution in [3.8, 4) is 0 Å². The maximum absolute atomic E-state index is 13.7. The lowest BCUT2D eigenvalue weighted by atomic mass is 10.1. The summed E-state index contributed by atoms with van der Waals surface area (Å²) in [6, 6.07) is 10.4. The second kappa shape index (κ2) is 8.37. The van der Waals surface area contributed by atoms with E-state index in [9.17, 15) is 12.8 Å². The van der Waals surface area contributed by atoms with Crippen LogP contribution in [-0.4, -0.2) is 55.7 Å². The van der Waals surface area contributed by atoms with E-state index >= 15 is 0 Å².